The summed E-state index contributed by atoms with van der Waals surface area (Å²) in [6.07, 6.45) is 4.74. The highest BCUT2D eigenvalue weighted by atomic mass is 35.5. The van der Waals surface area contributed by atoms with Crippen LogP contribution in [-0.4, -0.2) is 48.0 Å². The maximum Gasteiger partial charge on any atom is 0.228 e. The van der Waals surface area contributed by atoms with Gasteiger partial charge in [-0.2, -0.15) is 0 Å². The second-order valence-corrected chi connectivity index (χ2v) is 7.78. The number of carbonyl (C=O) groups excluding carboxylic acids is 2. The van der Waals surface area contributed by atoms with Crippen molar-refractivity contribution in [1.29, 1.82) is 0 Å². The van der Waals surface area contributed by atoms with Gasteiger partial charge < -0.3 is 20.1 Å². The average molecular weight is 383 g/mol. The number of carbonyl (C=O) groups is 2. The van der Waals surface area contributed by atoms with Gasteiger partial charge in [-0.3, -0.25) is 9.59 Å². The molecule has 1 aromatic heterocycles. The number of halogens is 1. The van der Waals surface area contributed by atoms with E-state index in [1.54, 1.807) is 13.0 Å². The monoisotopic (exact) mass is 382 g/mol. The topological polar surface area (TPSA) is 87.5 Å². The van der Waals surface area contributed by atoms with Crippen LogP contribution in [0.25, 0.3) is 0 Å². The average Bonchev–Trinajstić information content (AvgIpc) is 3.15. The minimum absolute atomic E-state index is 0. The normalized spacial score (nSPS) is 24.8. The Morgan fingerprint density at radius 1 is 1.31 bits per heavy atom. The molecule has 4 rings (SSSR count). The van der Waals surface area contributed by atoms with Gasteiger partial charge in [0.2, 0.25) is 11.8 Å². The molecule has 3 heterocycles. The van der Waals surface area contributed by atoms with Crippen molar-refractivity contribution in [2.24, 2.45) is 17.3 Å². The van der Waals surface area contributed by atoms with Gasteiger partial charge in [-0.25, -0.2) is 0 Å². The van der Waals surface area contributed by atoms with Crippen LogP contribution in [0, 0.1) is 24.2 Å². The quantitative estimate of drug-likeness (QED) is 0.834. The van der Waals surface area contributed by atoms with Crippen molar-refractivity contribution in [3.8, 4) is 0 Å². The van der Waals surface area contributed by atoms with Crippen molar-refractivity contribution in [2.75, 3.05) is 31.5 Å². The second-order valence-electron chi connectivity index (χ2n) is 7.78. The van der Waals surface area contributed by atoms with E-state index >= 15 is 0 Å². The molecule has 1 aliphatic carbocycles. The fraction of sp³-hybridized carbons (Fsp3) is 0.722. The van der Waals surface area contributed by atoms with Crippen LogP contribution in [0.1, 0.15) is 37.9 Å². The molecule has 1 atom stereocenters. The van der Waals surface area contributed by atoms with Crippen molar-refractivity contribution in [3.05, 3.63) is 11.8 Å². The summed E-state index contributed by atoms with van der Waals surface area (Å²) in [5.41, 5.74) is 0.279. The molecule has 7 nitrogen and oxygen atoms in total. The van der Waals surface area contributed by atoms with Crippen molar-refractivity contribution in [3.63, 3.8) is 0 Å². The first-order valence-corrected chi connectivity index (χ1v) is 9.31. The number of nitrogens with zero attached hydrogens (tertiary/aromatic N) is 2. The Kier molecular flexibility index (Phi) is 5.58. The second kappa shape index (κ2) is 7.56. The molecule has 1 saturated carbocycles. The lowest BCUT2D eigenvalue weighted by molar-refractivity contribution is -0.136. The number of aryl methyl sites for hydroxylation is 1. The summed E-state index contributed by atoms with van der Waals surface area (Å²) >= 11 is 0. The molecule has 2 saturated heterocycles. The van der Waals surface area contributed by atoms with E-state index in [9.17, 15) is 9.59 Å². The summed E-state index contributed by atoms with van der Waals surface area (Å²) in [5.74, 6) is 1.58. The number of hydrogen-bond acceptors (Lipinski definition) is 5. The zero-order valence-electron chi connectivity index (χ0n) is 15.1. The van der Waals surface area contributed by atoms with E-state index < -0.39 is 0 Å². The van der Waals surface area contributed by atoms with E-state index in [1.165, 1.54) is 0 Å². The lowest BCUT2D eigenvalue weighted by Gasteiger charge is -2.32. The number of likely N-dealkylation sites (tertiary alicyclic amines) is 1. The lowest BCUT2D eigenvalue weighted by atomic mass is 9.90. The first-order valence-electron chi connectivity index (χ1n) is 9.31. The van der Waals surface area contributed by atoms with E-state index in [1.807, 2.05) is 4.90 Å². The number of piperidine rings is 2. The smallest absolute Gasteiger partial charge is 0.228 e. The number of nitrogens with one attached hydrogen (secondary N) is 2. The Balaban J connectivity index is 0.00000196. The molecule has 26 heavy (non-hydrogen) atoms. The Hall–Kier alpha value is -1.60. The first kappa shape index (κ1) is 19.2. The molecule has 0 radical (unpaired) electrons. The number of hydrogen-bond donors (Lipinski definition) is 2. The minimum Gasteiger partial charge on any atom is -0.360 e. The predicted molar refractivity (Wildman–Crippen MR) is 99.1 cm³/mol. The van der Waals surface area contributed by atoms with Crippen LogP contribution < -0.4 is 10.6 Å². The zero-order valence-corrected chi connectivity index (χ0v) is 15.9. The molecule has 2 N–H and O–H groups in total. The van der Waals surface area contributed by atoms with Crippen molar-refractivity contribution in [1.82, 2.24) is 15.4 Å². The van der Waals surface area contributed by atoms with Crippen LogP contribution in [0.2, 0.25) is 0 Å². The maximum absolute atomic E-state index is 12.8. The van der Waals surface area contributed by atoms with Crippen LogP contribution in [0.4, 0.5) is 5.82 Å². The van der Waals surface area contributed by atoms with E-state index in [0.717, 1.165) is 45.2 Å². The first-order chi connectivity index (χ1) is 12.1. The van der Waals surface area contributed by atoms with Crippen molar-refractivity contribution < 1.29 is 14.1 Å². The van der Waals surface area contributed by atoms with Gasteiger partial charge in [0.25, 0.3) is 0 Å². The summed E-state index contributed by atoms with van der Waals surface area (Å²) < 4.78 is 4.97. The Bertz CT molecular complexity index is 663. The Labute approximate surface area is 159 Å². The van der Waals surface area contributed by atoms with Crippen LogP contribution in [0.15, 0.2) is 10.6 Å². The van der Waals surface area contributed by atoms with Gasteiger partial charge in [0.1, 0.15) is 5.76 Å². The SMILES string of the molecule is Cc1cc(NC(=O)C2CCN(C(=O)C3CC34CCNCC4)CC2)no1.Cl. The van der Waals surface area contributed by atoms with Crippen LogP contribution in [0.3, 0.4) is 0 Å². The maximum atomic E-state index is 12.8. The third-order valence-electron chi connectivity index (χ3n) is 6.14. The van der Waals surface area contributed by atoms with Crippen molar-refractivity contribution >= 4 is 30.0 Å². The number of anilines is 1. The number of amides is 2. The summed E-state index contributed by atoms with van der Waals surface area (Å²) in [6, 6.07) is 1.71. The molecule has 8 heteroatoms. The molecular formula is C18H27ClN4O3. The van der Waals surface area contributed by atoms with Crippen LogP contribution in [0.5, 0.6) is 0 Å². The Morgan fingerprint density at radius 3 is 2.62 bits per heavy atom. The highest BCUT2D eigenvalue weighted by Gasteiger charge is 2.58. The molecule has 144 valence electrons. The van der Waals surface area contributed by atoms with Crippen LogP contribution in [-0.2, 0) is 9.59 Å². The van der Waals surface area contributed by atoms with E-state index in [0.29, 0.717) is 30.6 Å². The van der Waals surface area contributed by atoms with E-state index in [2.05, 4.69) is 15.8 Å². The molecule has 0 aromatic carbocycles. The summed E-state index contributed by atoms with van der Waals surface area (Å²) in [4.78, 5) is 27.1. The van der Waals surface area contributed by atoms with Gasteiger partial charge >= 0.3 is 0 Å². The van der Waals surface area contributed by atoms with Crippen molar-refractivity contribution in [2.45, 2.75) is 39.0 Å². The summed E-state index contributed by atoms with van der Waals surface area (Å²) in [6.45, 7) is 5.22. The zero-order chi connectivity index (χ0) is 17.4. The van der Waals surface area contributed by atoms with Gasteiger partial charge in [0.05, 0.1) is 0 Å². The molecule has 0 bridgehead atoms. The lowest BCUT2D eigenvalue weighted by Crippen LogP contribution is -2.43. The number of rotatable bonds is 3. The van der Waals surface area contributed by atoms with Gasteiger partial charge in [-0.15, -0.1) is 12.4 Å². The third-order valence-corrected chi connectivity index (χ3v) is 6.14. The fourth-order valence-electron chi connectivity index (χ4n) is 4.41. The van der Waals surface area contributed by atoms with E-state index in [4.69, 9.17) is 4.52 Å². The minimum atomic E-state index is -0.0619. The highest BCUT2D eigenvalue weighted by Crippen LogP contribution is 2.59. The fourth-order valence-corrected chi connectivity index (χ4v) is 4.41. The van der Waals surface area contributed by atoms with E-state index in [-0.39, 0.29) is 35.6 Å². The third kappa shape index (κ3) is 3.74. The molecule has 1 spiro atoms. The van der Waals surface area contributed by atoms with Gasteiger partial charge in [0, 0.05) is 31.0 Å². The summed E-state index contributed by atoms with van der Waals surface area (Å²) in [7, 11) is 0. The number of aromatic nitrogens is 1. The van der Waals surface area contributed by atoms with Gasteiger partial charge in [-0.1, -0.05) is 5.16 Å². The summed E-state index contributed by atoms with van der Waals surface area (Å²) in [5, 5.41) is 9.98. The van der Waals surface area contributed by atoms with Gasteiger partial charge in [-0.05, 0) is 57.5 Å². The highest BCUT2D eigenvalue weighted by molar-refractivity contribution is 5.92. The molecule has 3 aliphatic rings. The molecule has 3 fully saturated rings. The Morgan fingerprint density at radius 2 is 2.00 bits per heavy atom. The standard InChI is InChI=1S/C18H26N4O3.ClH/c1-12-10-15(21-25-12)20-16(23)13-2-8-22(9-3-13)17(24)14-11-18(14)4-6-19-7-5-18;/h10,13-14,19H,2-9,11H2,1H3,(H,20,21,23);1H. The largest absolute Gasteiger partial charge is 0.360 e. The molecule has 2 amide bonds. The molecule has 2 aliphatic heterocycles. The van der Waals surface area contributed by atoms with Gasteiger partial charge in [0.15, 0.2) is 5.82 Å². The molecule has 1 aromatic rings. The molecule has 1 unspecified atom stereocenters. The van der Waals surface area contributed by atoms with Crippen LogP contribution >= 0.6 is 12.4 Å². The molecular weight excluding hydrogens is 356 g/mol. The predicted octanol–water partition coefficient (Wildman–Crippen LogP) is 1.97.